The summed E-state index contributed by atoms with van der Waals surface area (Å²) in [4.78, 5) is 0. The number of tetrazole rings is 1. The van der Waals surface area contributed by atoms with Gasteiger partial charge >= 0.3 is 0 Å². The van der Waals surface area contributed by atoms with Crippen LogP contribution in [0.25, 0.3) is 0 Å². The van der Waals surface area contributed by atoms with Gasteiger partial charge in [0.1, 0.15) is 0 Å². The van der Waals surface area contributed by atoms with Crippen molar-refractivity contribution in [3.8, 4) is 0 Å². The van der Waals surface area contributed by atoms with E-state index in [1.54, 1.807) is 0 Å². The Kier molecular flexibility index (Phi) is 5.03. The Bertz CT molecular complexity index is 480. The SMILES string of the molecule is CCNC(C)c1nnnn1CCCc1ccccc1. The molecule has 0 aliphatic carbocycles. The van der Waals surface area contributed by atoms with Crippen LogP contribution in [0.15, 0.2) is 30.3 Å². The van der Waals surface area contributed by atoms with Crippen LogP contribution in [0.1, 0.15) is 37.7 Å². The fourth-order valence-corrected chi connectivity index (χ4v) is 2.16. The van der Waals surface area contributed by atoms with E-state index < -0.39 is 0 Å². The first-order valence-corrected chi connectivity index (χ1v) is 6.84. The van der Waals surface area contributed by atoms with Gasteiger partial charge in [0.15, 0.2) is 5.82 Å². The Morgan fingerprint density at radius 1 is 1.26 bits per heavy atom. The Morgan fingerprint density at radius 2 is 2.05 bits per heavy atom. The summed E-state index contributed by atoms with van der Waals surface area (Å²) in [6.07, 6.45) is 2.09. The van der Waals surface area contributed by atoms with E-state index >= 15 is 0 Å². The van der Waals surface area contributed by atoms with Crippen molar-refractivity contribution in [3.63, 3.8) is 0 Å². The lowest BCUT2D eigenvalue weighted by molar-refractivity contribution is 0.484. The lowest BCUT2D eigenvalue weighted by atomic mass is 10.1. The first kappa shape index (κ1) is 13.7. The van der Waals surface area contributed by atoms with Gasteiger partial charge in [-0.05, 0) is 42.3 Å². The van der Waals surface area contributed by atoms with E-state index in [0.717, 1.165) is 31.8 Å². The van der Waals surface area contributed by atoms with Crippen molar-refractivity contribution in [1.82, 2.24) is 25.5 Å². The maximum absolute atomic E-state index is 4.10. The van der Waals surface area contributed by atoms with Gasteiger partial charge in [0.05, 0.1) is 6.04 Å². The summed E-state index contributed by atoms with van der Waals surface area (Å²) in [6, 6.07) is 10.7. The first-order chi connectivity index (χ1) is 9.31. The van der Waals surface area contributed by atoms with Crippen LogP contribution in [0, 0.1) is 0 Å². The van der Waals surface area contributed by atoms with Crippen molar-refractivity contribution in [2.45, 2.75) is 39.3 Å². The number of nitrogens with one attached hydrogen (secondary N) is 1. The molecule has 0 amide bonds. The fraction of sp³-hybridized carbons (Fsp3) is 0.500. The Morgan fingerprint density at radius 3 is 2.79 bits per heavy atom. The third kappa shape index (κ3) is 3.86. The van der Waals surface area contributed by atoms with Gasteiger partial charge in [0, 0.05) is 6.54 Å². The van der Waals surface area contributed by atoms with Crippen LogP contribution in [0.3, 0.4) is 0 Å². The topological polar surface area (TPSA) is 55.6 Å². The van der Waals surface area contributed by atoms with E-state index in [9.17, 15) is 0 Å². The van der Waals surface area contributed by atoms with E-state index in [1.807, 2.05) is 10.7 Å². The molecule has 5 heteroatoms. The molecule has 2 rings (SSSR count). The molecule has 1 unspecified atom stereocenters. The fourth-order valence-electron chi connectivity index (χ4n) is 2.16. The average Bonchev–Trinajstić information content (AvgIpc) is 2.89. The molecule has 102 valence electrons. The van der Waals surface area contributed by atoms with Gasteiger partial charge in [-0.3, -0.25) is 0 Å². The van der Waals surface area contributed by atoms with Crippen LogP contribution in [-0.4, -0.2) is 26.8 Å². The predicted molar refractivity (Wildman–Crippen MR) is 74.7 cm³/mol. The Labute approximate surface area is 114 Å². The number of hydrogen-bond acceptors (Lipinski definition) is 4. The van der Waals surface area contributed by atoms with Gasteiger partial charge in [0.25, 0.3) is 0 Å². The summed E-state index contributed by atoms with van der Waals surface area (Å²) in [6.45, 7) is 5.94. The summed E-state index contributed by atoms with van der Waals surface area (Å²) in [5.41, 5.74) is 1.36. The normalized spacial score (nSPS) is 12.5. The lowest BCUT2D eigenvalue weighted by Gasteiger charge is -2.11. The van der Waals surface area contributed by atoms with E-state index in [1.165, 1.54) is 5.56 Å². The standard InChI is InChI=1S/C14H21N5/c1-3-15-12(2)14-16-17-18-19(14)11-7-10-13-8-5-4-6-9-13/h4-6,8-9,12,15H,3,7,10-11H2,1-2H3. The molecule has 0 fully saturated rings. The van der Waals surface area contributed by atoms with Crippen molar-refractivity contribution >= 4 is 0 Å². The molecule has 0 saturated heterocycles. The molecule has 1 atom stereocenters. The number of aromatic nitrogens is 4. The highest BCUT2D eigenvalue weighted by Gasteiger charge is 2.12. The van der Waals surface area contributed by atoms with Crippen molar-refractivity contribution in [3.05, 3.63) is 41.7 Å². The van der Waals surface area contributed by atoms with Gasteiger partial charge < -0.3 is 5.32 Å². The van der Waals surface area contributed by atoms with Gasteiger partial charge in [-0.25, -0.2) is 4.68 Å². The minimum Gasteiger partial charge on any atom is -0.308 e. The number of hydrogen-bond donors (Lipinski definition) is 1. The second-order valence-corrected chi connectivity index (χ2v) is 4.63. The van der Waals surface area contributed by atoms with Crippen molar-refractivity contribution in [1.29, 1.82) is 0 Å². The van der Waals surface area contributed by atoms with E-state index in [2.05, 4.69) is 59.0 Å². The van der Waals surface area contributed by atoms with Crippen molar-refractivity contribution < 1.29 is 0 Å². The number of rotatable bonds is 7. The second kappa shape index (κ2) is 6.99. The maximum Gasteiger partial charge on any atom is 0.167 e. The van der Waals surface area contributed by atoms with Crippen molar-refractivity contribution in [2.75, 3.05) is 6.54 Å². The molecule has 0 radical (unpaired) electrons. The average molecular weight is 259 g/mol. The third-order valence-corrected chi connectivity index (χ3v) is 3.14. The molecule has 1 N–H and O–H groups in total. The quantitative estimate of drug-likeness (QED) is 0.826. The van der Waals surface area contributed by atoms with Crippen LogP contribution < -0.4 is 5.32 Å². The zero-order chi connectivity index (χ0) is 13.5. The highest BCUT2D eigenvalue weighted by Crippen LogP contribution is 2.09. The van der Waals surface area contributed by atoms with E-state index in [0.29, 0.717) is 0 Å². The highest BCUT2D eigenvalue weighted by atomic mass is 15.5. The Hall–Kier alpha value is -1.75. The first-order valence-electron chi connectivity index (χ1n) is 6.84. The Balaban J connectivity index is 1.88. The number of benzene rings is 1. The number of nitrogens with zero attached hydrogens (tertiary/aromatic N) is 4. The predicted octanol–water partition coefficient (Wildman–Crippen LogP) is 1.98. The van der Waals surface area contributed by atoms with Crippen LogP contribution in [0.5, 0.6) is 0 Å². The molecule has 2 aromatic rings. The molecule has 5 nitrogen and oxygen atoms in total. The molecule has 0 bridgehead atoms. The summed E-state index contributed by atoms with van der Waals surface area (Å²) in [7, 11) is 0. The minimum atomic E-state index is 0.191. The summed E-state index contributed by atoms with van der Waals surface area (Å²) < 4.78 is 1.90. The molecule has 1 aromatic heterocycles. The van der Waals surface area contributed by atoms with E-state index in [4.69, 9.17) is 0 Å². The molecule has 1 heterocycles. The third-order valence-electron chi connectivity index (χ3n) is 3.14. The lowest BCUT2D eigenvalue weighted by Crippen LogP contribution is -2.22. The minimum absolute atomic E-state index is 0.191. The highest BCUT2D eigenvalue weighted by molar-refractivity contribution is 5.14. The summed E-state index contributed by atoms with van der Waals surface area (Å²) in [5.74, 6) is 0.912. The molecule has 0 aliphatic rings. The largest absolute Gasteiger partial charge is 0.308 e. The van der Waals surface area contributed by atoms with Gasteiger partial charge in [-0.1, -0.05) is 37.3 Å². The summed E-state index contributed by atoms with van der Waals surface area (Å²) in [5, 5.41) is 15.3. The van der Waals surface area contributed by atoms with E-state index in [-0.39, 0.29) is 6.04 Å². The van der Waals surface area contributed by atoms with Gasteiger partial charge in [-0.2, -0.15) is 0 Å². The van der Waals surface area contributed by atoms with Crippen LogP contribution in [0.4, 0.5) is 0 Å². The molecule has 0 saturated carbocycles. The molecule has 0 spiro atoms. The molecular weight excluding hydrogens is 238 g/mol. The molecule has 19 heavy (non-hydrogen) atoms. The van der Waals surface area contributed by atoms with Crippen molar-refractivity contribution in [2.24, 2.45) is 0 Å². The zero-order valence-corrected chi connectivity index (χ0v) is 11.6. The van der Waals surface area contributed by atoms with Crippen LogP contribution >= 0.6 is 0 Å². The smallest absolute Gasteiger partial charge is 0.167 e. The zero-order valence-electron chi connectivity index (χ0n) is 11.6. The van der Waals surface area contributed by atoms with Crippen LogP contribution in [0.2, 0.25) is 0 Å². The molecule has 1 aromatic carbocycles. The monoisotopic (exact) mass is 259 g/mol. The molecular formula is C14H21N5. The maximum atomic E-state index is 4.10. The van der Waals surface area contributed by atoms with Gasteiger partial charge in [0.2, 0.25) is 0 Å². The molecule has 0 aliphatic heterocycles. The second-order valence-electron chi connectivity index (χ2n) is 4.63. The summed E-state index contributed by atoms with van der Waals surface area (Å²) >= 11 is 0. The number of aryl methyl sites for hydroxylation is 2. The van der Waals surface area contributed by atoms with Gasteiger partial charge in [-0.15, -0.1) is 5.10 Å². The van der Waals surface area contributed by atoms with Crippen LogP contribution in [-0.2, 0) is 13.0 Å².